The Bertz CT molecular complexity index is 709. The van der Waals surface area contributed by atoms with Crippen molar-refractivity contribution in [2.45, 2.75) is 11.8 Å². The van der Waals surface area contributed by atoms with Crippen molar-refractivity contribution < 1.29 is 14.3 Å². The molecule has 1 saturated heterocycles. The fraction of sp³-hybridized carbons (Fsp3) is 0.333. The first-order valence-electron chi connectivity index (χ1n) is 7.75. The van der Waals surface area contributed by atoms with E-state index >= 15 is 0 Å². The van der Waals surface area contributed by atoms with Gasteiger partial charge in [-0.05, 0) is 41.8 Å². The number of benzene rings is 1. The van der Waals surface area contributed by atoms with Crippen LogP contribution in [0, 0.1) is 0 Å². The van der Waals surface area contributed by atoms with Crippen LogP contribution in [0.5, 0.6) is 11.5 Å². The lowest BCUT2D eigenvalue weighted by Gasteiger charge is -2.24. The average Bonchev–Trinajstić information content (AvgIpc) is 3.01. The molecule has 126 valence electrons. The van der Waals surface area contributed by atoms with E-state index in [2.05, 4.69) is 4.98 Å². The maximum Gasteiger partial charge on any atom is 0.233 e. The summed E-state index contributed by atoms with van der Waals surface area (Å²) in [5.74, 6) is 2.13. The van der Waals surface area contributed by atoms with Gasteiger partial charge < -0.3 is 14.4 Å². The molecule has 5 nitrogen and oxygen atoms in total. The largest absolute Gasteiger partial charge is 0.493 e. The Morgan fingerprint density at radius 3 is 2.62 bits per heavy atom. The van der Waals surface area contributed by atoms with Gasteiger partial charge in [-0.1, -0.05) is 6.07 Å². The highest BCUT2D eigenvalue weighted by atomic mass is 32.2. The Labute approximate surface area is 146 Å². The van der Waals surface area contributed by atoms with Crippen LogP contribution in [-0.2, 0) is 11.2 Å². The summed E-state index contributed by atoms with van der Waals surface area (Å²) in [7, 11) is 3.25. The molecule has 0 radical (unpaired) electrons. The van der Waals surface area contributed by atoms with Gasteiger partial charge in [-0.15, -0.1) is 11.8 Å². The molecule has 0 spiro atoms. The third-order valence-corrected chi connectivity index (χ3v) is 5.30. The van der Waals surface area contributed by atoms with E-state index in [9.17, 15) is 4.79 Å². The zero-order valence-electron chi connectivity index (χ0n) is 13.8. The molecule has 24 heavy (non-hydrogen) atoms. The number of thioether (sulfide) groups is 1. The number of rotatable bonds is 6. The lowest BCUT2D eigenvalue weighted by molar-refractivity contribution is -0.128. The van der Waals surface area contributed by atoms with E-state index in [-0.39, 0.29) is 11.3 Å². The zero-order valence-corrected chi connectivity index (χ0v) is 14.6. The van der Waals surface area contributed by atoms with Gasteiger partial charge in [0, 0.05) is 18.9 Å². The highest BCUT2D eigenvalue weighted by Crippen LogP contribution is 2.38. The van der Waals surface area contributed by atoms with Crippen LogP contribution in [0.3, 0.4) is 0 Å². The van der Waals surface area contributed by atoms with Crippen LogP contribution < -0.4 is 9.47 Å². The van der Waals surface area contributed by atoms with Crippen LogP contribution in [0.4, 0.5) is 0 Å². The molecule has 1 amide bonds. The number of ether oxygens (including phenoxy) is 2. The molecule has 0 aliphatic carbocycles. The third kappa shape index (κ3) is 3.48. The summed E-state index contributed by atoms with van der Waals surface area (Å²) in [4.78, 5) is 18.2. The molecule has 1 aliphatic heterocycles. The van der Waals surface area contributed by atoms with Crippen LogP contribution in [0.25, 0.3) is 0 Å². The van der Waals surface area contributed by atoms with Crippen molar-refractivity contribution >= 4 is 17.7 Å². The fourth-order valence-corrected chi connectivity index (χ4v) is 4.00. The minimum absolute atomic E-state index is 0.0700. The fourth-order valence-electron chi connectivity index (χ4n) is 2.79. The summed E-state index contributed by atoms with van der Waals surface area (Å²) in [5, 5.41) is 0.0700. The number of amides is 1. The number of nitrogens with zero attached hydrogens (tertiary/aromatic N) is 2. The number of methoxy groups -OCH3 is 2. The third-order valence-electron chi connectivity index (χ3n) is 4.05. The van der Waals surface area contributed by atoms with Gasteiger partial charge in [0.05, 0.1) is 20.0 Å². The Balaban J connectivity index is 1.71. The second-order valence-electron chi connectivity index (χ2n) is 5.47. The molecule has 1 fully saturated rings. The van der Waals surface area contributed by atoms with Crippen LogP contribution in [0.15, 0.2) is 42.7 Å². The molecule has 1 atom stereocenters. The average molecular weight is 344 g/mol. The molecule has 1 aromatic carbocycles. The second kappa shape index (κ2) is 7.57. The predicted molar refractivity (Wildman–Crippen MR) is 94.4 cm³/mol. The van der Waals surface area contributed by atoms with Crippen LogP contribution >= 0.6 is 11.8 Å². The SMILES string of the molecule is COc1ccc(CCN2C(=O)CS[C@H]2c2ccncc2)cc1OC. The van der Waals surface area contributed by atoms with Crippen molar-refractivity contribution in [1.29, 1.82) is 0 Å². The van der Waals surface area contributed by atoms with Gasteiger partial charge in [0.1, 0.15) is 5.37 Å². The Morgan fingerprint density at radius 1 is 1.17 bits per heavy atom. The molecule has 2 heterocycles. The van der Waals surface area contributed by atoms with Crippen LogP contribution in [0.2, 0.25) is 0 Å². The molecular weight excluding hydrogens is 324 g/mol. The van der Waals surface area contributed by atoms with Crippen LogP contribution in [0.1, 0.15) is 16.5 Å². The minimum atomic E-state index is 0.0700. The van der Waals surface area contributed by atoms with Crippen molar-refractivity contribution in [3.05, 3.63) is 53.9 Å². The summed E-state index contributed by atoms with van der Waals surface area (Å²) in [6, 6.07) is 9.82. The summed E-state index contributed by atoms with van der Waals surface area (Å²) in [5.41, 5.74) is 2.24. The summed E-state index contributed by atoms with van der Waals surface area (Å²) in [6.45, 7) is 0.675. The molecular formula is C18H20N2O3S. The Morgan fingerprint density at radius 2 is 1.92 bits per heavy atom. The maximum atomic E-state index is 12.2. The Kier molecular flexibility index (Phi) is 5.25. The van der Waals surface area contributed by atoms with Gasteiger partial charge >= 0.3 is 0 Å². The highest BCUT2D eigenvalue weighted by Gasteiger charge is 2.32. The molecule has 0 N–H and O–H groups in total. The monoisotopic (exact) mass is 344 g/mol. The van der Waals surface area contributed by atoms with E-state index in [0.717, 1.165) is 17.5 Å². The van der Waals surface area contributed by atoms with E-state index in [0.29, 0.717) is 23.8 Å². The number of hydrogen-bond acceptors (Lipinski definition) is 5. The molecule has 1 aliphatic rings. The summed E-state index contributed by atoms with van der Waals surface area (Å²) < 4.78 is 10.6. The number of pyridine rings is 1. The molecule has 2 aromatic rings. The second-order valence-corrected chi connectivity index (χ2v) is 6.54. The Hall–Kier alpha value is -2.21. The number of carbonyl (C=O) groups is 1. The summed E-state index contributed by atoms with van der Waals surface area (Å²) >= 11 is 1.66. The van der Waals surface area contributed by atoms with Gasteiger partial charge in [0.2, 0.25) is 5.91 Å². The predicted octanol–water partition coefficient (Wildman–Crippen LogP) is 2.92. The van der Waals surface area contributed by atoms with Gasteiger partial charge in [0.25, 0.3) is 0 Å². The highest BCUT2D eigenvalue weighted by molar-refractivity contribution is 8.00. The smallest absolute Gasteiger partial charge is 0.233 e. The van der Waals surface area contributed by atoms with E-state index < -0.39 is 0 Å². The molecule has 0 bridgehead atoms. The van der Waals surface area contributed by atoms with E-state index in [1.54, 1.807) is 38.4 Å². The summed E-state index contributed by atoms with van der Waals surface area (Å²) in [6.07, 6.45) is 4.31. The zero-order chi connectivity index (χ0) is 16.9. The maximum absolute atomic E-state index is 12.2. The lowest BCUT2D eigenvalue weighted by Crippen LogP contribution is -2.30. The van der Waals surface area contributed by atoms with Gasteiger partial charge in [-0.3, -0.25) is 9.78 Å². The van der Waals surface area contributed by atoms with E-state index in [1.165, 1.54) is 0 Å². The number of aromatic nitrogens is 1. The van der Waals surface area contributed by atoms with E-state index in [1.807, 2.05) is 35.2 Å². The molecule has 6 heteroatoms. The van der Waals surface area contributed by atoms with Gasteiger partial charge in [-0.2, -0.15) is 0 Å². The van der Waals surface area contributed by atoms with Crippen molar-refractivity contribution in [2.24, 2.45) is 0 Å². The van der Waals surface area contributed by atoms with Gasteiger partial charge in [-0.25, -0.2) is 0 Å². The van der Waals surface area contributed by atoms with Crippen molar-refractivity contribution in [3.63, 3.8) is 0 Å². The molecule has 0 saturated carbocycles. The van der Waals surface area contributed by atoms with Crippen LogP contribution in [-0.4, -0.2) is 42.3 Å². The van der Waals surface area contributed by atoms with Crippen molar-refractivity contribution in [1.82, 2.24) is 9.88 Å². The first-order valence-corrected chi connectivity index (χ1v) is 8.79. The quantitative estimate of drug-likeness (QED) is 0.806. The first-order chi connectivity index (χ1) is 11.7. The topological polar surface area (TPSA) is 51.7 Å². The van der Waals surface area contributed by atoms with Crippen molar-refractivity contribution in [2.75, 3.05) is 26.5 Å². The standard InChI is InChI=1S/C18H20N2O3S/c1-22-15-4-3-13(11-16(15)23-2)7-10-20-17(21)12-24-18(20)14-5-8-19-9-6-14/h3-6,8-9,11,18H,7,10,12H2,1-2H3/t18-/m0/s1. The normalized spacial score (nSPS) is 17.2. The van der Waals surface area contributed by atoms with Gasteiger partial charge in [0.15, 0.2) is 11.5 Å². The minimum Gasteiger partial charge on any atom is -0.493 e. The van der Waals surface area contributed by atoms with E-state index in [4.69, 9.17) is 9.47 Å². The number of carbonyl (C=O) groups excluding carboxylic acids is 1. The molecule has 1 aromatic heterocycles. The molecule has 0 unspecified atom stereocenters. The number of hydrogen-bond donors (Lipinski definition) is 0. The lowest BCUT2D eigenvalue weighted by atomic mass is 10.1. The molecule has 3 rings (SSSR count). The first kappa shape index (κ1) is 16.6. The van der Waals surface area contributed by atoms with Crippen molar-refractivity contribution in [3.8, 4) is 11.5 Å².